The summed E-state index contributed by atoms with van der Waals surface area (Å²) < 4.78 is 2.41. The lowest BCUT2D eigenvalue weighted by Crippen LogP contribution is -2.10. The molecule has 0 fully saturated rings. The quantitative estimate of drug-likeness (QED) is 0.146. The molecule has 0 bridgehead atoms. The maximum atomic E-state index is 2.41. The molecule has 0 aliphatic carbocycles. The van der Waals surface area contributed by atoms with Crippen molar-refractivity contribution in [1.29, 1.82) is 0 Å². The molecule has 1 heterocycles. The zero-order chi connectivity index (χ0) is 41.0. The molecule has 11 aromatic carbocycles. The zero-order valence-corrected chi connectivity index (χ0v) is 34.0. The summed E-state index contributed by atoms with van der Waals surface area (Å²) in [6, 6.07) is 88.4. The standard InChI is InChI=1S/C60H40N2/c1-2-15-41(16-3-1)45-18-14-19-48(39-45)61(47-36-31-44(32-37-47)56-40-57-49-20-5-4-17-42(49)33-38-53(57)51-22-6-7-23-52(51)56)46-34-29-43(30-35-46)50-21-8-11-26-58(50)62-59-27-12-9-24-54(59)55-25-10-13-28-60(55)62/h1-40H. The van der Waals surface area contributed by atoms with Gasteiger partial charge in [-0.15, -0.1) is 0 Å². The number of benzene rings is 11. The van der Waals surface area contributed by atoms with E-state index in [1.165, 1.54) is 81.9 Å². The smallest absolute Gasteiger partial charge is 0.0541 e. The molecule has 290 valence electrons. The van der Waals surface area contributed by atoms with Gasteiger partial charge in [0.2, 0.25) is 0 Å². The fourth-order valence-electron chi connectivity index (χ4n) is 9.68. The van der Waals surface area contributed by atoms with Crippen LogP contribution in [0.3, 0.4) is 0 Å². The van der Waals surface area contributed by atoms with E-state index in [0.717, 1.165) is 28.3 Å². The summed E-state index contributed by atoms with van der Waals surface area (Å²) in [6.45, 7) is 0. The highest BCUT2D eigenvalue weighted by Gasteiger charge is 2.18. The highest BCUT2D eigenvalue weighted by molar-refractivity contribution is 6.21. The van der Waals surface area contributed by atoms with Crippen LogP contribution < -0.4 is 4.90 Å². The normalized spacial score (nSPS) is 11.5. The van der Waals surface area contributed by atoms with Crippen LogP contribution >= 0.6 is 0 Å². The fourth-order valence-corrected chi connectivity index (χ4v) is 9.68. The maximum Gasteiger partial charge on any atom is 0.0541 e. The van der Waals surface area contributed by atoms with E-state index < -0.39 is 0 Å². The van der Waals surface area contributed by atoms with Gasteiger partial charge in [0.25, 0.3) is 0 Å². The Labute approximate surface area is 360 Å². The second-order valence-electron chi connectivity index (χ2n) is 16.1. The maximum absolute atomic E-state index is 2.41. The highest BCUT2D eigenvalue weighted by Crippen LogP contribution is 2.42. The minimum Gasteiger partial charge on any atom is -0.310 e. The SMILES string of the molecule is c1ccc(-c2cccc(N(c3ccc(-c4ccccc4-n4c5ccccc5c5ccccc54)cc3)c3ccc(-c4cc5c6ccccc6ccc5c5ccccc45)cc3)c2)cc1. The average molecular weight is 789 g/mol. The molecule has 0 radical (unpaired) electrons. The van der Waals surface area contributed by atoms with Crippen molar-refractivity contribution in [2.75, 3.05) is 4.90 Å². The number of aromatic nitrogens is 1. The number of hydrogen-bond donors (Lipinski definition) is 0. The Hall–Kier alpha value is -8.20. The van der Waals surface area contributed by atoms with Gasteiger partial charge in [0.1, 0.15) is 0 Å². The van der Waals surface area contributed by atoms with Gasteiger partial charge in [-0.05, 0) is 121 Å². The topological polar surface area (TPSA) is 8.17 Å². The summed E-state index contributed by atoms with van der Waals surface area (Å²) in [5, 5.41) is 10.1. The summed E-state index contributed by atoms with van der Waals surface area (Å²) >= 11 is 0. The highest BCUT2D eigenvalue weighted by atomic mass is 15.1. The molecule has 62 heavy (non-hydrogen) atoms. The first-order valence-corrected chi connectivity index (χ1v) is 21.3. The van der Waals surface area contributed by atoms with Crippen molar-refractivity contribution in [2.24, 2.45) is 0 Å². The molecule has 0 atom stereocenters. The van der Waals surface area contributed by atoms with E-state index >= 15 is 0 Å². The van der Waals surface area contributed by atoms with Crippen molar-refractivity contribution in [3.05, 3.63) is 243 Å². The van der Waals surface area contributed by atoms with Crippen LogP contribution in [-0.2, 0) is 0 Å². The van der Waals surface area contributed by atoms with Crippen LogP contribution in [0.1, 0.15) is 0 Å². The van der Waals surface area contributed by atoms with Crippen molar-refractivity contribution in [3.63, 3.8) is 0 Å². The summed E-state index contributed by atoms with van der Waals surface area (Å²) in [6.07, 6.45) is 0. The molecule has 0 aliphatic rings. The summed E-state index contributed by atoms with van der Waals surface area (Å²) in [4.78, 5) is 2.38. The Morgan fingerprint density at radius 1 is 0.258 bits per heavy atom. The van der Waals surface area contributed by atoms with Crippen LogP contribution in [0.25, 0.3) is 93.2 Å². The van der Waals surface area contributed by atoms with Gasteiger partial charge in [0.05, 0.1) is 16.7 Å². The molecule has 12 rings (SSSR count). The van der Waals surface area contributed by atoms with E-state index in [9.17, 15) is 0 Å². The molecule has 2 heteroatoms. The second-order valence-corrected chi connectivity index (χ2v) is 16.1. The third-order valence-corrected chi connectivity index (χ3v) is 12.6. The molecule has 1 aromatic heterocycles. The number of hydrogen-bond acceptors (Lipinski definition) is 1. The molecule has 2 nitrogen and oxygen atoms in total. The monoisotopic (exact) mass is 788 g/mol. The third kappa shape index (κ3) is 5.96. The fraction of sp³-hybridized carbons (Fsp3) is 0. The predicted molar refractivity (Wildman–Crippen MR) is 264 cm³/mol. The van der Waals surface area contributed by atoms with Gasteiger partial charge < -0.3 is 9.47 Å². The molecule has 0 unspecified atom stereocenters. The lowest BCUT2D eigenvalue weighted by molar-refractivity contribution is 1.18. The van der Waals surface area contributed by atoms with Crippen molar-refractivity contribution < 1.29 is 0 Å². The predicted octanol–water partition coefficient (Wildman–Crippen LogP) is 16.7. The molecule has 0 N–H and O–H groups in total. The van der Waals surface area contributed by atoms with Crippen LogP contribution in [-0.4, -0.2) is 4.57 Å². The van der Waals surface area contributed by atoms with Gasteiger partial charge >= 0.3 is 0 Å². The lowest BCUT2D eigenvalue weighted by Gasteiger charge is -2.27. The molecule has 0 aliphatic heterocycles. The van der Waals surface area contributed by atoms with Gasteiger partial charge in [-0.1, -0.05) is 182 Å². The molecular formula is C60H40N2. The molecule has 0 saturated heterocycles. The first-order chi connectivity index (χ1) is 30.8. The number of fused-ring (bicyclic) bond motifs is 8. The summed E-state index contributed by atoms with van der Waals surface area (Å²) in [5.41, 5.74) is 14.0. The van der Waals surface area contributed by atoms with Gasteiger partial charge in [-0.2, -0.15) is 0 Å². The number of rotatable bonds is 7. The van der Waals surface area contributed by atoms with Gasteiger partial charge in [0.15, 0.2) is 0 Å². The minimum atomic E-state index is 1.09. The Bertz CT molecular complexity index is 3560. The Morgan fingerprint density at radius 3 is 1.50 bits per heavy atom. The number of anilines is 3. The molecule has 12 aromatic rings. The van der Waals surface area contributed by atoms with Crippen molar-refractivity contribution in [2.45, 2.75) is 0 Å². The summed E-state index contributed by atoms with van der Waals surface area (Å²) in [5.74, 6) is 0. The van der Waals surface area contributed by atoms with E-state index in [0.29, 0.717) is 0 Å². The van der Waals surface area contributed by atoms with E-state index in [4.69, 9.17) is 0 Å². The van der Waals surface area contributed by atoms with Gasteiger partial charge in [0, 0.05) is 33.4 Å². The molecule has 0 amide bonds. The van der Waals surface area contributed by atoms with E-state index in [1.54, 1.807) is 0 Å². The van der Waals surface area contributed by atoms with Crippen molar-refractivity contribution >= 4 is 71.2 Å². The summed E-state index contributed by atoms with van der Waals surface area (Å²) in [7, 11) is 0. The van der Waals surface area contributed by atoms with Crippen LogP contribution in [0.4, 0.5) is 17.1 Å². The van der Waals surface area contributed by atoms with Gasteiger partial charge in [-0.25, -0.2) is 0 Å². The van der Waals surface area contributed by atoms with E-state index in [1.807, 2.05) is 0 Å². The van der Waals surface area contributed by atoms with Crippen LogP contribution in [0.15, 0.2) is 243 Å². The Balaban J connectivity index is 0.983. The zero-order valence-electron chi connectivity index (χ0n) is 34.0. The molecule has 0 spiro atoms. The van der Waals surface area contributed by atoms with Crippen LogP contribution in [0, 0.1) is 0 Å². The second kappa shape index (κ2) is 14.8. The first kappa shape index (κ1) is 35.7. The largest absolute Gasteiger partial charge is 0.310 e. The van der Waals surface area contributed by atoms with E-state index in [-0.39, 0.29) is 0 Å². The van der Waals surface area contributed by atoms with Crippen molar-refractivity contribution in [1.82, 2.24) is 4.57 Å². The third-order valence-electron chi connectivity index (χ3n) is 12.6. The Kier molecular flexibility index (Phi) is 8.53. The Morgan fingerprint density at radius 2 is 0.790 bits per heavy atom. The molecule has 0 saturated carbocycles. The number of nitrogens with zero attached hydrogens (tertiary/aromatic N) is 2. The van der Waals surface area contributed by atoms with Crippen LogP contribution in [0.5, 0.6) is 0 Å². The van der Waals surface area contributed by atoms with E-state index in [2.05, 4.69) is 252 Å². The lowest BCUT2D eigenvalue weighted by atomic mass is 9.91. The minimum absolute atomic E-state index is 1.09. The van der Waals surface area contributed by atoms with Gasteiger partial charge in [-0.3, -0.25) is 0 Å². The first-order valence-electron chi connectivity index (χ1n) is 21.3. The van der Waals surface area contributed by atoms with Crippen LogP contribution in [0.2, 0.25) is 0 Å². The molecular weight excluding hydrogens is 749 g/mol. The average Bonchev–Trinajstić information content (AvgIpc) is 3.69. The number of para-hydroxylation sites is 3. The van der Waals surface area contributed by atoms with Crippen molar-refractivity contribution in [3.8, 4) is 39.1 Å².